The maximum Gasteiger partial charge on any atom is 0.341 e. The van der Waals surface area contributed by atoms with Crippen molar-refractivity contribution < 1.29 is 27.9 Å². The number of nitrogens with one attached hydrogen (secondary N) is 1. The van der Waals surface area contributed by atoms with Crippen molar-refractivity contribution in [2.45, 2.75) is 27.2 Å². The number of carbonyl (C=O) groups excluding carboxylic acids is 1. The molecule has 0 spiro atoms. The molecule has 0 radical (unpaired) electrons. The number of carboxylic acids is 1. The number of benzene rings is 1. The summed E-state index contributed by atoms with van der Waals surface area (Å²) in [6.07, 6.45) is 0.499. The highest BCUT2D eigenvalue weighted by molar-refractivity contribution is 7.89. The Balaban J connectivity index is 2.61. The average Bonchev–Trinajstić information content (AvgIpc) is 2.56. The van der Waals surface area contributed by atoms with E-state index >= 15 is 0 Å². The maximum absolute atomic E-state index is 12.2. The van der Waals surface area contributed by atoms with Gasteiger partial charge in [0.1, 0.15) is 5.75 Å². The van der Waals surface area contributed by atoms with Crippen LogP contribution in [0.4, 0.5) is 0 Å². The van der Waals surface area contributed by atoms with Crippen molar-refractivity contribution in [3.8, 4) is 5.75 Å². The third kappa shape index (κ3) is 6.30. The van der Waals surface area contributed by atoms with E-state index in [0.717, 1.165) is 0 Å². The first-order valence-electron chi connectivity index (χ1n) is 8.26. The van der Waals surface area contributed by atoms with Crippen molar-refractivity contribution in [1.29, 1.82) is 0 Å². The van der Waals surface area contributed by atoms with Crippen LogP contribution in [0.2, 0.25) is 0 Å². The number of hydrogen-bond donors (Lipinski definition) is 2. The van der Waals surface area contributed by atoms with Crippen LogP contribution < -0.4 is 10.1 Å². The van der Waals surface area contributed by atoms with Gasteiger partial charge in [0.25, 0.3) is 5.91 Å². The summed E-state index contributed by atoms with van der Waals surface area (Å²) in [5, 5.41) is 11.4. The fourth-order valence-corrected chi connectivity index (χ4v) is 3.26. The molecule has 146 valence electrons. The van der Waals surface area contributed by atoms with Gasteiger partial charge in [-0.05, 0) is 50.5 Å². The Kier molecular flexibility index (Phi) is 8.04. The minimum absolute atomic E-state index is 0.0463. The summed E-state index contributed by atoms with van der Waals surface area (Å²) in [6, 6.07) is 3.26. The first kappa shape index (κ1) is 21.9. The summed E-state index contributed by atoms with van der Waals surface area (Å²) in [6.45, 7) is 5.30. The van der Waals surface area contributed by atoms with Gasteiger partial charge in [-0.3, -0.25) is 4.79 Å². The molecule has 0 aliphatic heterocycles. The largest absolute Gasteiger partial charge is 0.481 e. The molecule has 0 unspecified atom stereocenters. The number of sulfonamides is 1. The second-order valence-electron chi connectivity index (χ2n) is 5.95. The summed E-state index contributed by atoms with van der Waals surface area (Å²) < 4.78 is 29.8. The van der Waals surface area contributed by atoms with Crippen molar-refractivity contribution in [3.63, 3.8) is 0 Å². The van der Waals surface area contributed by atoms with Crippen LogP contribution in [0.1, 0.15) is 34.8 Å². The van der Waals surface area contributed by atoms with Crippen LogP contribution in [0.3, 0.4) is 0 Å². The third-order valence-corrected chi connectivity index (χ3v) is 5.70. The first-order valence-corrected chi connectivity index (χ1v) is 9.87. The molecule has 1 aromatic carbocycles. The van der Waals surface area contributed by atoms with E-state index in [9.17, 15) is 18.0 Å². The van der Waals surface area contributed by atoms with Gasteiger partial charge in [0, 0.05) is 25.7 Å². The SMILES string of the molecule is CCS(=O)(=O)N(C)CCCNC(=O)c1cc(C)c(OCC(=O)O)c(C)c1. The Bertz CT molecular complexity index is 738. The lowest BCUT2D eigenvalue weighted by Crippen LogP contribution is -2.32. The second-order valence-corrected chi connectivity index (χ2v) is 8.32. The molecule has 0 aliphatic rings. The average molecular weight is 386 g/mol. The van der Waals surface area contributed by atoms with Gasteiger partial charge >= 0.3 is 5.97 Å². The van der Waals surface area contributed by atoms with E-state index in [2.05, 4.69) is 5.32 Å². The lowest BCUT2D eigenvalue weighted by Gasteiger charge is -2.16. The van der Waals surface area contributed by atoms with Gasteiger partial charge in [0.15, 0.2) is 6.61 Å². The molecule has 0 heterocycles. The molecule has 1 rings (SSSR count). The van der Waals surface area contributed by atoms with Crippen molar-refractivity contribution >= 4 is 21.9 Å². The minimum Gasteiger partial charge on any atom is -0.481 e. The van der Waals surface area contributed by atoms with E-state index in [1.54, 1.807) is 32.9 Å². The number of rotatable bonds is 10. The molecule has 1 aromatic rings. The Morgan fingerprint density at radius 2 is 1.81 bits per heavy atom. The molecule has 1 amide bonds. The molecule has 0 aliphatic carbocycles. The highest BCUT2D eigenvalue weighted by Gasteiger charge is 2.15. The molecule has 0 saturated heterocycles. The molecule has 0 fully saturated rings. The lowest BCUT2D eigenvalue weighted by molar-refractivity contribution is -0.139. The Morgan fingerprint density at radius 3 is 2.31 bits per heavy atom. The fourth-order valence-electron chi connectivity index (χ4n) is 2.41. The van der Waals surface area contributed by atoms with Gasteiger partial charge in [0.05, 0.1) is 5.75 Å². The minimum atomic E-state index is -3.21. The monoisotopic (exact) mass is 386 g/mol. The zero-order valence-electron chi connectivity index (χ0n) is 15.5. The van der Waals surface area contributed by atoms with E-state index in [1.807, 2.05) is 0 Å². The Morgan fingerprint density at radius 1 is 1.23 bits per heavy atom. The predicted molar refractivity (Wildman–Crippen MR) is 98.1 cm³/mol. The standard InChI is InChI=1S/C17H26N2O6S/c1-5-26(23,24)19(4)8-6-7-18-17(22)14-9-12(2)16(13(3)10-14)25-11-15(20)21/h9-10H,5-8,11H2,1-4H3,(H,18,22)(H,20,21). The van der Waals surface area contributed by atoms with Gasteiger partial charge < -0.3 is 15.2 Å². The summed E-state index contributed by atoms with van der Waals surface area (Å²) in [4.78, 5) is 22.9. The molecule has 9 heteroatoms. The normalized spacial score (nSPS) is 11.4. The molecule has 0 aromatic heterocycles. The van der Waals surface area contributed by atoms with Gasteiger partial charge in [0.2, 0.25) is 10.0 Å². The van der Waals surface area contributed by atoms with Crippen molar-refractivity contribution in [3.05, 3.63) is 28.8 Å². The second kappa shape index (κ2) is 9.54. The summed E-state index contributed by atoms with van der Waals surface area (Å²) in [5.41, 5.74) is 1.78. The molecule has 0 bridgehead atoms. The predicted octanol–water partition coefficient (Wildman–Crippen LogP) is 1.17. The molecule has 26 heavy (non-hydrogen) atoms. The van der Waals surface area contributed by atoms with E-state index in [-0.39, 0.29) is 11.7 Å². The van der Waals surface area contributed by atoms with E-state index in [0.29, 0.717) is 42.0 Å². The smallest absolute Gasteiger partial charge is 0.341 e. The zero-order chi connectivity index (χ0) is 19.9. The topological polar surface area (TPSA) is 113 Å². The third-order valence-electron chi connectivity index (χ3n) is 3.84. The summed E-state index contributed by atoms with van der Waals surface area (Å²) >= 11 is 0. The number of hydrogen-bond acceptors (Lipinski definition) is 5. The van der Waals surface area contributed by atoms with Crippen molar-refractivity contribution in [1.82, 2.24) is 9.62 Å². The van der Waals surface area contributed by atoms with Gasteiger partial charge in [-0.2, -0.15) is 0 Å². The first-order chi connectivity index (χ1) is 12.1. The molecule has 0 saturated carbocycles. The van der Waals surface area contributed by atoms with Gasteiger partial charge in [-0.25, -0.2) is 17.5 Å². The van der Waals surface area contributed by atoms with Crippen molar-refractivity contribution in [2.75, 3.05) is 32.5 Å². The van der Waals surface area contributed by atoms with Crippen LogP contribution in [0.5, 0.6) is 5.75 Å². The highest BCUT2D eigenvalue weighted by Crippen LogP contribution is 2.24. The van der Waals surface area contributed by atoms with E-state index in [1.165, 1.54) is 11.4 Å². The lowest BCUT2D eigenvalue weighted by atomic mass is 10.1. The fraction of sp³-hybridized carbons (Fsp3) is 0.529. The van der Waals surface area contributed by atoms with Crippen LogP contribution in [0.25, 0.3) is 0 Å². The van der Waals surface area contributed by atoms with E-state index in [4.69, 9.17) is 9.84 Å². The number of carbonyl (C=O) groups is 2. The van der Waals surface area contributed by atoms with Gasteiger partial charge in [-0.15, -0.1) is 0 Å². The molecular formula is C17H26N2O6S. The summed E-state index contributed by atoms with van der Waals surface area (Å²) in [7, 11) is -1.70. The molecule has 0 atom stereocenters. The summed E-state index contributed by atoms with van der Waals surface area (Å²) in [5.74, 6) is -0.844. The number of amides is 1. The van der Waals surface area contributed by atoms with Crippen LogP contribution in [0, 0.1) is 13.8 Å². The maximum atomic E-state index is 12.2. The number of aliphatic carboxylic acids is 1. The zero-order valence-corrected chi connectivity index (χ0v) is 16.4. The van der Waals surface area contributed by atoms with E-state index < -0.39 is 22.6 Å². The van der Waals surface area contributed by atoms with Crippen LogP contribution in [-0.2, 0) is 14.8 Å². The number of ether oxygens (including phenoxy) is 1. The van der Waals surface area contributed by atoms with Crippen LogP contribution in [0.15, 0.2) is 12.1 Å². The number of nitrogens with zero attached hydrogens (tertiary/aromatic N) is 1. The highest BCUT2D eigenvalue weighted by atomic mass is 32.2. The van der Waals surface area contributed by atoms with Crippen LogP contribution in [-0.4, -0.2) is 62.2 Å². The molecule has 8 nitrogen and oxygen atoms in total. The Hall–Kier alpha value is -2.13. The quantitative estimate of drug-likeness (QED) is 0.584. The molecule has 2 N–H and O–H groups in total. The van der Waals surface area contributed by atoms with Crippen LogP contribution >= 0.6 is 0 Å². The van der Waals surface area contributed by atoms with Gasteiger partial charge in [-0.1, -0.05) is 0 Å². The molecular weight excluding hydrogens is 360 g/mol. The van der Waals surface area contributed by atoms with Crippen molar-refractivity contribution in [2.24, 2.45) is 0 Å². The number of carboxylic acid groups (broad SMARTS) is 1. The Labute approximate surface area is 154 Å². The number of aryl methyl sites for hydroxylation is 2.